The van der Waals surface area contributed by atoms with E-state index >= 15 is 4.39 Å². The van der Waals surface area contributed by atoms with Gasteiger partial charge in [-0.15, -0.1) is 0 Å². The lowest BCUT2D eigenvalue weighted by molar-refractivity contribution is -0.258. The van der Waals surface area contributed by atoms with Crippen LogP contribution in [0, 0.1) is 5.82 Å². The summed E-state index contributed by atoms with van der Waals surface area (Å²) in [6.45, 7) is 3.27. The van der Waals surface area contributed by atoms with Gasteiger partial charge in [0.2, 0.25) is 5.91 Å². The molecule has 13 heteroatoms. The zero-order chi connectivity index (χ0) is 28.3. The minimum absolute atomic E-state index is 0.00678. The topological polar surface area (TPSA) is 136 Å². The zero-order valence-corrected chi connectivity index (χ0v) is 21.2. The quantitative estimate of drug-likeness (QED) is 0.332. The standard InChI is InChI=1S/C25H33F4N5O4/c1-3-34(12-16-4-6-17(7-5-16)23(2,37)25(27,28)29)22-21(26)18(31-15-32-22)8-9-24(38)10-11-33(13-19(24)35)14-20(30)36/h4-7,15,19,35,37-38H,3,8-14H2,1-2H3,(H2,30,36)/t19-,23?,24+/m1/s1. The second-order valence-electron chi connectivity index (χ2n) is 9.81. The molecule has 2 aromatic rings. The van der Waals surface area contributed by atoms with Gasteiger partial charge in [-0.3, -0.25) is 9.69 Å². The zero-order valence-electron chi connectivity index (χ0n) is 21.2. The molecule has 0 aliphatic carbocycles. The van der Waals surface area contributed by atoms with Gasteiger partial charge in [0.05, 0.1) is 23.9 Å². The molecule has 0 saturated carbocycles. The number of benzene rings is 1. The molecule has 1 unspecified atom stereocenters. The van der Waals surface area contributed by atoms with E-state index in [0.717, 1.165) is 0 Å². The minimum atomic E-state index is -4.84. The van der Waals surface area contributed by atoms with Gasteiger partial charge in [0.15, 0.2) is 17.2 Å². The molecule has 1 aromatic carbocycles. The molecule has 1 saturated heterocycles. The monoisotopic (exact) mass is 543 g/mol. The van der Waals surface area contributed by atoms with Gasteiger partial charge < -0.3 is 26.0 Å². The second kappa shape index (κ2) is 11.5. The molecule has 3 rings (SSSR count). The van der Waals surface area contributed by atoms with E-state index in [9.17, 15) is 33.3 Å². The Labute approximate surface area is 217 Å². The van der Waals surface area contributed by atoms with E-state index in [4.69, 9.17) is 5.73 Å². The number of amides is 1. The Morgan fingerprint density at radius 1 is 1.26 bits per heavy atom. The van der Waals surface area contributed by atoms with Crippen molar-refractivity contribution in [3.8, 4) is 0 Å². The summed E-state index contributed by atoms with van der Waals surface area (Å²) in [4.78, 5) is 22.4. The van der Waals surface area contributed by atoms with Crippen molar-refractivity contribution >= 4 is 11.7 Å². The fourth-order valence-corrected chi connectivity index (χ4v) is 4.46. The number of piperidine rings is 1. The Bertz CT molecular complexity index is 1120. The van der Waals surface area contributed by atoms with Gasteiger partial charge in [-0.2, -0.15) is 13.2 Å². The van der Waals surface area contributed by atoms with Gasteiger partial charge in [-0.1, -0.05) is 24.3 Å². The maximum atomic E-state index is 15.4. The van der Waals surface area contributed by atoms with Crippen molar-refractivity contribution in [1.82, 2.24) is 14.9 Å². The highest BCUT2D eigenvalue weighted by atomic mass is 19.4. The Morgan fingerprint density at radius 2 is 1.92 bits per heavy atom. The number of nitrogens with two attached hydrogens (primary N) is 1. The van der Waals surface area contributed by atoms with Crippen LogP contribution < -0.4 is 10.6 Å². The van der Waals surface area contributed by atoms with Gasteiger partial charge >= 0.3 is 6.18 Å². The molecule has 1 aromatic heterocycles. The fraction of sp³-hybridized carbons (Fsp3) is 0.560. The van der Waals surface area contributed by atoms with E-state index in [0.29, 0.717) is 25.6 Å². The van der Waals surface area contributed by atoms with E-state index in [1.54, 1.807) is 16.7 Å². The van der Waals surface area contributed by atoms with Crippen LogP contribution in [0.5, 0.6) is 0 Å². The number of hydrogen-bond acceptors (Lipinski definition) is 8. The lowest BCUT2D eigenvalue weighted by Gasteiger charge is -2.41. The number of anilines is 1. The molecule has 0 radical (unpaired) electrons. The number of aliphatic hydroxyl groups excluding tert-OH is 1. The lowest BCUT2D eigenvalue weighted by atomic mass is 9.84. The number of likely N-dealkylation sites (tertiary alicyclic amines) is 1. The van der Waals surface area contributed by atoms with Gasteiger partial charge in [0.25, 0.3) is 0 Å². The summed E-state index contributed by atoms with van der Waals surface area (Å²) >= 11 is 0. The number of halogens is 4. The van der Waals surface area contributed by atoms with Crippen LogP contribution in [0.15, 0.2) is 30.6 Å². The third-order valence-corrected chi connectivity index (χ3v) is 7.05. The van der Waals surface area contributed by atoms with E-state index in [2.05, 4.69) is 9.97 Å². The van der Waals surface area contributed by atoms with Crippen LogP contribution in [0.1, 0.15) is 43.5 Å². The van der Waals surface area contributed by atoms with Crippen molar-refractivity contribution in [3.05, 3.63) is 53.2 Å². The number of carbonyl (C=O) groups is 1. The third-order valence-electron chi connectivity index (χ3n) is 7.05. The van der Waals surface area contributed by atoms with Gasteiger partial charge in [-0.05, 0) is 44.2 Å². The van der Waals surface area contributed by atoms with Crippen molar-refractivity contribution in [2.45, 2.75) is 63.1 Å². The van der Waals surface area contributed by atoms with Crippen molar-refractivity contribution in [2.75, 3.05) is 31.1 Å². The SMILES string of the molecule is CCN(Cc1ccc(C(C)(O)C(F)(F)F)cc1)c1ncnc(CC[C@]2(O)CCN(CC(N)=O)C[C@H]2O)c1F. The Hall–Kier alpha value is -2.87. The number of aliphatic hydroxyl groups is 3. The van der Waals surface area contributed by atoms with E-state index in [1.165, 1.54) is 30.6 Å². The van der Waals surface area contributed by atoms with Crippen LogP contribution in [0.4, 0.5) is 23.4 Å². The van der Waals surface area contributed by atoms with Crippen molar-refractivity contribution in [3.63, 3.8) is 0 Å². The molecule has 38 heavy (non-hydrogen) atoms. The average molecular weight is 544 g/mol. The maximum Gasteiger partial charge on any atom is 0.421 e. The molecule has 1 aliphatic heterocycles. The predicted octanol–water partition coefficient (Wildman–Crippen LogP) is 1.63. The first-order chi connectivity index (χ1) is 17.7. The maximum absolute atomic E-state index is 15.4. The van der Waals surface area contributed by atoms with Crippen molar-refractivity contribution in [2.24, 2.45) is 5.73 Å². The third kappa shape index (κ3) is 6.57. The average Bonchev–Trinajstić information content (AvgIpc) is 2.84. The summed E-state index contributed by atoms with van der Waals surface area (Å²) in [5.74, 6) is -1.24. The van der Waals surface area contributed by atoms with E-state index in [1.807, 2.05) is 0 Å². The molecular weight excluding hydrogens is 510 g/mol. The summed E-state index contributed by atoms with van der Waals surface area (Å²) < 4.78 is 54.8. The predicted molar refractivity (Wildman–Crippen MR) is 130 cm³/mol. The van der Waals surface area contributed by atoms with Gasteiger partial charge in [0.1, 0.15) is 6.33 Å². The molecule has 1 amide bonds. The number of hydrogen-bond donors (Lipinski definition) is 4. The van der Waals surface area contributed by atoms with E-state index in [-0.39, 0.29) is 56.0 Å². The van der Waals surface area contributed by atoms with Crippen LogP contribution in [0.3, 0.4) is 0 Å². The number of β-amino-alcohol motifs (C(OH)–C–C–N with tert-alkyl or cyclic N) is 1. The summed E-state index contributed by atoms with van der Waals surface area (Å²) in [6, 6.07) is 5.22. The highest BCUT2D eigenvalue weighted by Crippen LogP contribution is 2.38. The molecule has 1 aliphatic rings. The first-order valence-electron chi connectivity index (χ1n) is 12.2. The van der Waals surface area contributed by atoms with Crippen molar-refractivity contribution < 1.29 is 37.7 Å². The number of nitrogens with zero attached hydrogens (tertiary/aromatic N) is 4. The summed E-state index contributed by atoms with van der Waals surface area (Å²) in [7, 11) is 0. The Balaban J connectivity index is 1.70. The highest BCUT2D eigenvalue weighted by molar-refractivity contribution is 5.75. The van der Waals surface area contributed by atoms with Gasteiger partial charge in [0, 0.05) is 26.2 Å². The molecule has 3 atom stereocenters. The molecular formula is C25H33F4N5O4. The Morgan fingerprint density at radius 3 is 2.47 bits per heavy atom. The molecule has 1 fully saturated rings. The number of aromatic nitrogens is 2. The number of rotatable bonds is 10. The Kier molecular flexibility index (Phi) is 8.97. The van der Waals surface area contributed by atoms with Crippen LogP contribution in [-0.4, -0.2) is 80.2 Å². The number of carbonyl (C=O) groups excluding carboxylic acids is 1. The molecule has 5 N–H and O–H groups in total. The van der Waals surface area contributed by atoms with Crippen LogP contribution in [0.2, 0.25) is 0 Å². The molecule has 210 valence electrons. The second-order valence-corrected chi connectivity index (χ2v) is 9.81. The van der Waals surface area contributed by atoms with E-state index < -0.39 is 35.2 Å². The largest absolute Gasteiger partial charge is 0.421 e. The smallest absolute Gasteiger partial charge is 0.389 e. The molecule has 2 heterocycles. The lowest BCUT2D eigenvalue weighted by Crippen LogP contribution is -2.56. The van der Waals surface area contributed by atoms with Gasteiger partial charge in [-0.25, -0.2) is 14.4 Å². The summed E-state index contributed by atoms with van der Waals surface area (Å²) in [6.07, 6.45) is -4.60. The minimum Gasteiger partial charge on any atom is -0.389 e. The first-order valence-corrected chi connectivity index (χ1v) is 12.2. The molecule has 0 spiro atoms. The number of alkyl halides is 3. The first kappa shape index (κ1) is 29.7. The highest BCUT2D eigenvalue weighted by Gasteiger charge is 2.51. The number of aryl methyl sites for hydroxylation is 1. The summed E-state index contributed by atoms with van der Waals surface area (Å²) in [5, 5.41) is 31.3. The molecule has 9 nitrogen and oxygen atoms in total. The molecule has 0 bridgehead atoms. The van der Waals surface area contributed by atoms with Crippen LogP contribution in [-0.2, 0) is 23.4 Å². The number of primary amides is 1. The van der Waals surface area contributed by atoms with Crippen LogP contribution >= 0.6 is 0 Å². The normalized spacial score (nSPS) is 22.2. The van der Waals surface area contributed by atoms with Crippen molar-refractivity contribution in [1.29, 1.82) is 0 Å². The summed E-state index contributed by atoms with van der Waals surface area (Å²) in [5.41, 5.74) is 1.01. The van der Waals surface area contributed by atoms with Crippen LogP contribution in [0.25, 0.3) is 0 Å². The fourth-order valence-electron chi connectivity index (χ4n) is 4.46.